The molecule has 0 amide bonds. The first-order valence-electron chi connectivity index (χ1n) is 8.73. The fourth-order valence-corrected chi connectivity index (χ4v) is 3.90. The van der Waals surface area contributed by atoms with Crippen molar-refractivity contribution in [3.05, 3.63) is 64.6 Å². The fraction of sp³-hybridized carbons (Fsp3) is 0.300. The van der Waals surface area contributed by atoms with Crippen LogP contribution in [-0.2, 0) is 13.0 Å². The predicted molar refractivity (Wildman–Crippen MR) is 97.9 cm³/mol. The van der Waals surface area contributed by atoms with Gasteiger partial charge in [-0.2, -0.15) is 0 Å². The average molecular weight is 352 g/mol. The second kappa shape index (κ2) is 5.88. The minimum Gasteiger partial charge on any atom is -0.439 e. The number of rotatable bonds is 3. The highest BCUT2D eigenvalue weighted by Crippen LogP contribution is 2.48. The molecule has 1 aromatic carbocycles. The van der Waals surface area contributed by atoms with E-state index in [-0.39, 0.29) is 0 Å². The Morgan fingerprint density at radius 3 is 2.84 bits per heavy atom. The van der Waals surface area contributed by atoms with Crippen LogP contribution in [0.2, 0.25) is 5.02 Å². The van der Waals surface area contributed by atoms with E-state index in [0.29, 0.717) is 11.8 Å². The topological polar surface area (TPSA) is 42.2 Å². The summed E-state index contributed by atoms with van der Waals surface area (Å²) in [6, 6.07) is 12.0. The molecule has 1 fully saturated rings. The molecule has 0 atom stereocenters. The number of hydrogen-bond acceptors (Lipinski definition) is 4. The summed E-state index contributed by atoms with van der Waals surface area (Å²) < 4.78 is 5.96. The molecule has 4 nitrogen and oxygen atoms in total. The first-order chi connectivity index (χ1) is 12.3. The molecule has 1 aliphatic carbocycles. The number of nitrogens with zero attached hydrogens (tertiary/aromatic N) is 3. The molecular weight excluding hydrogens is 334 g/mol. The summed E-state index contributed by atoms with van der Waals surface area (Å²) in [5.74, 6) is 2.21. The third kappa shape index (κ3) is 2.71. The SMILES string of the molecule is Clc1cccc(N2CCc3oc(-c4ccccn4)nc3C2)c1C1CC1. The Morgan fingerprint density at radius 2 is 2.04 bits per heavy atom. The number of oxazole rings is 1. The molecule has 2 aliphatic rings. The van der Waals surface area contributed by atoms with Gasteiger partial charge in [0, 0.05) is 29.9 Å². The molecule has 3 heterocycles. The van der Waals surface area contributed by atoms with Gasteiger partial charge in [0.15, 0.2) is 0 Å². The minimum atomic E-state index is 0.612. The number of pyridine rings is 1. The zero-order valence-electron chi connectivity index (χ0n) is 13.8. The van der Waals surface area contributed by atoms with Crippen LogP contribution in [0.4, 0.5) is 5.69 Å². The molecule has 0 saturated heterocycles. The van der Waals surface area contributed by atoms with Gasteiger partial charge in [0.25, 0.3) is 0 Å². The van der Waals surface area contributed by atoms with Crippen LogP contribution in [0.15, 0.2) is 47.0 Å². The first-order valence-corrected chi connectivity index (χ1v) is 9.11. The zero-order valence-corrected chi connectivity index (χ0v) is 14.5. The fourth-order valence-electron chi connectivity index (χ4n) is 3.58. The Balaban J connectivity index is 1.47. The maximum absolute atomic E-state index is 6.50. The Morgan fingerprint density at radius 1 is 1.12 bits per heavy atom. The number of fused-ring (bicyclic) bond motifs is 1. The van der Waals surface area contributed by atoms with Gasteiger partial charge in [-0.25, -0.2) is 4.98 Å². The number of hydrogen-bond donors (Lipinski definition) is 0. The molecule has 3 aromatic rings. The highest BCUT2D eigenvalue weighted by atomic mass is 35.5. The molecule has 1 aliphatic heterocycles. The van der Waals surface area contributed by atoms with Gasteiger partial charge < -0.3 is 9.32 Å². The normalized spacial score (nSPS) is 16.8. The summed E-state index contributed by atoms with van der Waals surface area (Å²) in [6.07, 6.45) is 5.09. The lowest BCUT2D eigenvalue weighted by Gasteiger charge is -2.30. The summed E-state index contributed by atoms with van der Waals surface area (Å²) in [6.45, 7) is 1.68. The standard InChI is InChI=1S/C20H18ClN3O/c21-14-4-3-6-17(19(14)13-7-8-13)24-11-9-18-16(12-24)23-20(25-18)15-5-1-2-10-22-15/h1-6,10,13H,7-9,11-12H2. The van der Waals surface area contributed by atoms with Crippen LogP contribution in [0.5, 0.6) is 0 Å². The van der Waals surface area contributed by atoms with Gasteiger partial charge >= 0.3 is 0 Å². The zero-order chi connectivity index (χ0) is 16.8. The molecule has 0 spiro atoms. The molecule has 126 valence electrons. The van der Waals surface area contributed by atoms with E-state index in [1.807, 2.05) is 30.3 Å². The van der Waals surface area contributed by atoms with Crippen molar-refractivity contribution in [2.75, 3.05) is 11.4 Å². The molecule has 0 N–H and O–H groups in total. The molecular formula is C20H18ClN3O. The van der Waals surface area contributed by atoms with Crippen LogP contribution in [-0.4, -0.2) is 16.5 Å². The molecule has 25 heavy (non-hydrogen) atoms. The van der Waals surface area contributed by atoms with Crippen LogP contribution >= 0.6 is 11.6 Å². The lowest BCUT2D eigenvalue weighted by Crippen LogP contribution is -2.30. The van der Waals surface area contributed by atoms with Gasteiger partial charge in [-0.1, -0.05) is 23.7 Å². The number of halogens is 1. The second-order valence-electron chi connectivity index (χ2n) is 6.72. The Hall–Kier alpha value is -2.33. The quantitative estimate of drug-likeness (QED) is 0.677. The van der Waals surface area contributed by atoms with Crippen molar-refractivity contribution in [3.63, 3.8) is 0 Å². The van der Waals surface area contributed by atoms with Crippen LogP contribution < -0.4 is 4.90 Å². The van der Waals surface area contributed by atoms with Crippen LogP contribution in [0, 0.1) is 0 Å². The van der Waals surface area contributed by atoms with E-state index >= 15 is 0 Å². The highest BCUT2D eigenvalue weighted by Gasteiger charge is 2.31. The van der Waals surface area contributed by atoms with Crippen LogP contribution in [0.25, 0.3) is 11.6 Å². The summed E-state index contributed by atoms with van der Waals surface area (Å²) in [5.41, 5.74) is 4.35. The molecule has 0 bridgehead atoms. The monoisotopic (exact) mass is 351 g/mol. The van der Waals surface area contributed by atoms with Crippen molar-refractivity contribution in [2.24, 2.45) is 0 Å². The molecule has 1 saturated carbocycles. The van der Waals surface area contributed by atoms with E-state index < -0.39 is 0 Å². The third-order valence-electron chi connectivity index (χ3n) is 4.97. The van der Waals surface area contributed by atoms with E-state index in [0.717, 1.165) is 41.7 Å². The van der Waals surface area contributed by atoms with Gasteiger partial charge in [-0.15, -0.1) is 0 Å². The van der Waals surface area contributed by atoms with Gasteiger partial charge in [0.05, 0.1) is 6.54 Å². The third-order valence-corrected chi connectivity index (χ3v) is 5.30. The van der Waals surface area contributed by atoms with E-state index in [4.69, 9.17) is 21.0 Å². The van der Waals surface area contributed by atoms with E-state index in [9.17, 15) is 0 Å². The van der Waals surface area contributed by atoms with Crippen molar-refractivity contribution < 1.29 is 4.42 Å². The Kier molecular flexibility index (Phi) is 3.52. The molecule has 2 aromatic heterocycles. The lowest BCUT2D eigenvalue weighted by atomic mass is 10.0. The highest BCUT2D eigenvalue weighted by molar-refractivity contribution is 6.31. The maximum Gasteiger partial charge on any atom is 0.245 e. The van der Waals surface area contributed by atoms with Gasteiger partial charge in [0.2, 0.25) is 5.89 Å². The van der Waals surface area contributed by atoms with Crippen molar-refractivity contribution in [3.8, 4) is 11.6 Å². The number of benzene rings is 1. The lowest BCUT2D eigenvalue weighted by molar-refractivity contribution is 0.498. The van der Waals surface area contributed by atoms with Crippen LogP contribution in [0.1, 0.15) is 35.8 Å². The summed E-state index contributed by atoms with van der Waals surface area (Å²) in [7, 11) is 0. The Labute approximate surface area is 151 Å². The average Bonchev–Trinajstić information content (AvgIpc) is 3.39. The van der Waals surface area contributed by atoms with Gasteiger partial charge in [-0.3, -0.25) is 4.98 Å². The van der Waals surface area contributed by atoms with Crippen molar-refractivity contribution in [1.82, 2.24) is 9.97 Å². The molecule has 0 unspecified atom stereocenters. The Bertz CT molecular complexity index is 918. The van der Waals surface area contributed by atoms with Gasteiger partial charge in [0.1, 0.15) is 17.1 Å². The van der Waals surface area contributed by atoms with Crippen molar-refractivity contribution >= 4 is 17.3 Å². The smallest absolute Gasteiger partial charge is 0.245 e. The van der Waals surface area contributed by atoms with Crippen LogP contribution in [0.3, 0.4) is 0 Å². The molecule has 5 rings (SSSR count). The van der Waals surface area contributed by atoms with E-state index in [1.165, 1.54) is 24.1 Å². The summed E-state index contributed by atoms with van der Waals surface area (Å²) in [4.78, 5) is 11.4. The second-order valence-corrected chi connectivity index (χ2v) is 7.13. The molecule has 0 radical (unpaired) electrons. The predicted octanol–water partition coefficient (Wildman–Crippen LogP) is 4.83. The first kappa shape index (κ1) is 15.0. The molecule has 5 heteroatoms. The number of aromatic nitrogens is 2. The van der Waals surface area contributed by atoms with E-state index in [2.05, 4.69) is 16.0 Å². The summed E-state index contributed by atoms with van der Waals surface area (Å²) in [5, 5.41) is 0.889. The minimum absolute atomic E-state index is 0.612. The van der Waals surface area contributed by atoms with Crippen molar-refractivity contribution in [2.45, 2.75) is 31.7 Å². The van der Waals surface area contributed by atoms with Crippen molar-refractivity contribution in [1.29, 1.82) is 0 Å². The number of anilines is 1. The maximum atomic E-state index is 6.50. The largest absolute Gasteiger partial charge is 0.439 e. The van der Waals surface area contributed by atoms with E-state index in [1.54, 1.807) is 6.20 Å². The van der Waals surface area contributed by atoms with Gasteiger partial charge in [-0.05, 0) is 48.6 Å². The summed E-state index contributed by atoms with van der Waals surface area (Å²) >= 11 is 6.50.